The van der Waals surface area contributed by atoms with Crippen LogP contribution in [0.3, 0.4) is 0 Å². The molecule has 0 aliphatic heterocycles. The van der Waals surface area contributed by atoms with Crippen LogP contribution in [-0.2, 0) is 6.54 Å². The molecule has 1 fully saturated rings. The quantitative estimate of drug-likeness (QED) is 0.901. The third kappa shape index (κ3) is 3.23. The summed E-state index contributed by atoms with van der Waals surface area (Å²) in [6, 6.07) is 7.23. The molecule has 0 bridgehead atoms. The minimum Gasteiger partial charge on any atom is -0.367 e. The second-order valence-electron chi connectivity index (χ2n) is 5.27. The molecular weight excluding hydrogens is 276 g/mol. The van der Waals surface area contributed by atoms with Crippen LogP contribution in [0.2, 0.25) is 0 Å². The van der Waals surface area contributed by atoms with Crippen LogP contribution in [0.15, 0.2) is 22.7 Å². The molecule has 0 saturated heterocycles. The zero-order valence-electron chi connectivity index (χ0n) is 10.6. The van der Waals surface area contributed by atoms with Crippen LogP contribution in [0, 0.1) is 5.92 Å². The van der Waals surface area contributed by atoms with E-state index in [1.807, 2.05) is 0 Å². The van der Waals surface area contributed by atoms with E-state index in [-0.39, 0.29) is 0 Å². The van der Waals surface area contributed by atoms with Crippen molar-refractivity contribution in [2.45, 2.75) is 39.3 Å². The molecule has 3 heteroatoms. The first-order valence-electron chi connectivity index (χ1n) is 6.37. The standard InChI is InChI=1S/C14H21BrN2/c1-10(2)9-17(12-4-5-12)14-6-3-11(8-16)7-13(14)15/h3,6-7,10,12H,4-5,8-9,16H2,1-2H3. The summed E-state index contributed by atoms with van der Waals surface area (Å²) in [5.74, 6) is 0.691. The highest BCUT2D eigenvalue weighted by Crippen LogP contribution is 2.36. The summed E-state index contributed by atoms with van der Waals surface area (Å²) in [4.78, 5) is 2.54. The molecule has 0 radical (unpaired) electrons. The van der Waals surface area contributed by atoms with E-state index in [1.54, 1.807) is 0 Å². The molecule has 0 heterocycles. The SMILES string of the molecule is CC(C)CN(c1ccc(CN)cc1Br)C1CC1. The van der Waals surface area contributed by atoms with Crippen LogP contribution in [0.1, 0.15) is 32.3 Å². The minimum atomic E-state index is 0.604. The van der Waals surface area contributed by atoms with Gasteiger partial charge in [0.1, 0.15) is 0 Å². The van der Waals surface area contributed by atoms with Crippen LogP contribution in [0.5, 0.6) is 0 Å². The van der Waals surface area contributed by atoms with Crippen molar-refractivity contribution in [3.8, 4) is 0 Å². The Morgan fingerprint density at radius 1 is 1.41 bits per heavy atom. The Balaban J connectivity index is 2.23. The van der Waals surface area contributed by atoms with Crippen molar-refractivity contribution in [3.05, 3.63) is 28.2 Å². The fraction of sp³-hybridized carbons (Fsp3) is 0.571. The fourth-order valence-electron chi connectivity index (χ4n) is 2.13. The second kappa shape index (κ2) is 5.40. The molecule has 1 saturated carbocycles. The number of anilines is 1. The van der Waals surface area contributed by atoms with Crippen molar-refractivity contribution in [1.29, 1.82) is 0 Å². The summed E-state index contributed by atoms with van der Waals surface area (Å²) in [5, 5.41) is 0. The summed E-state index contributed by atoms with van der Waals surface area (Å²) in [5.41, 5.74) is 8.16. The lowest BCUT2D eigenvalue weighted by atomic mass is 10.1. The van der Waals surface area contributed by atoms with Crippen LogP contribution >= 0.6 is 15.9 Å². The number of rotatable bonds is 5. The van der Waals surface area contributed by atoms with E-state index in [2.05, 4.69) is 52.9 Å². The number of hydrogen-bond donors (Lipinski definition) is 1. The summed E-state index contributed by atoms with van der Waals surface area (Å²) >= 11 is 3.68. The predicted octanol–water partition coefficient (Wildman–Crippen LogP) is 3.53. The first kappa shape index (κ1) is 12.9. The lowest BCUT2D eigenvalue weighted by Crippen LogP contribution is -2.30. The molecule has 1 aliphatic rings. The number of nitrogens with two attached hydrogens (primary N) is 1. The first-order chi connectivity index (χ1) is 8.11. The van der Waals surface area contributed by atoms with Gasteiger partial charge in [-0.1, -0.05) is 19.9 Å². The number of halogens is 1. The van der Waals surface area contributed by atoms with Gasteiger partial charge in [-0.05, 0) is 52.4 Å². The molecule has 1 aromatic rings. The molecule has 0 spiro atoms. The highest BCUT2D eigenvalue weighted by molar-refractivity contribution is 9.10. The van der Waals surface area contributed by atoms with Gasteiger partial charge in [0.05, 0.1) is 5.69 Å². The van der Waals surface area contributed by atoms with Crippen molar-refractivity contribution in [3.63, 3.8) is 0 Å². The van der Waals surface area contributed by atoms with Crippen LogP contribution in [0.25, 0.3) is 0 Å². The van der Waals surface area contributed by atoms with Gasteiger partial charge >= 0.3 is 0 Å². The van der Waals surface area contributed by atoms with Gasteiger partial charge in [-0.2, -0.15) is 0 Å². The summed E-state index contributed by atoms with van der Waals surface area (Å²) in [7, 11) is 0. The van der Waals surface area contributed by atoms with E-state index in [1.165, 1.54) is 28.6 Å². The average molecular weight is 297 g/mol. The van der Waals surface area contributed by atoms with Gasteiger partial charge < -0.3 is 10.6 Å². The number of benzene rings is 1. The van der Waals surface area contributed by atoms with Crippen molar-refractivity contribution >= 4 is 21.6 Å². The maximum absolute atomic E-state index is 5.66. The van der Waals surface area contributed by atoms with Crippen molar-refractivity contribution < 1.29 is 0 Å². The molecule has 1 aliphatic carbocycles. The molecule has 94 valence electrons. The Bertz CT molecular complexity index is 386. The zero-order chi connectivity index (χ0) is 12.4. The maximum Gasteiger partial charge on any atom is 0.0513 e. The first-order valence-corrected chi connectivity index (χ1v) is 7.16. The number of nitrogens with zero attached hydrogens (tertiary/aromatic N) is 1. The second-order valence-corrected chi connectivity index (χ2v) is 6.12. The van der Waals surface area contributed by atoms with Gasteiger partial charge in [-0.15, -0.1) is 0 Å². The lowest BCUT2D eigenvalue weighted by Gasteiger charge is -2.28. The van der Waals surface area contributed by atoms with Gasteiger partial charge in [-0.25, -0.2) is 0 Å². The van der Waals surface area contributed by atoms with Crippen molar-refractivity contribution in [2.75, 3.05) is 11.4 Å². The fourth-order valence-corrected chi connectivity index (χ4v) is 2.79. The smallest absolute Gasteiger partial charge is 0.0513 e. The van der Waals surface area contributed by atoms with Crippen molar-refractivity contribution in [1.82, 2.24) is 0 Å². The van der Waals surface area contributed by atoms with E-state index in [0.29, 0.717) is 12.5 Å². The Hall–Kier alpha value is -0.540. The molecule has 1 aromatic carbocycles. The normalized spacial score (nSPS) is 15.4. The van der Waals surface area contributed by atoms with E-state index in [4.69, 9.17) is 5.73 Å². The van der Waals surface area contributed by atoms with Crippen LogP contribution in [0.4, 0.5) is 5.69 Å². The number of hydrogen-bond acceptors (Lipinski definition) is 2. The molecule has 0 unspecified atom stereocenters. The van der Waals surface area contributed by atoms with Gasteiger partial charge in [0.2, 0.25) is 0 Å². The van der Waals surface area contributed by atoms with Gasteiger partial charge in [-0.3, -0.25) is 0 Å². The van der Waals surface area contributed by atoms with Crippen LogP contribution < -0.4 is 10.6 Å². The van der Waals surface area contributed by atoms with Crippen LogP contribution in [-0.4, -0.2) is 12.6 Å². The minimum absolute atomic E-state index is 0.604. The molecule has 2 N–H and O–H groups in total. The lowest BCUT2D eigenvalue weighted by molar-refractivity contribution is 0.606. The Kier molecular flexibility index (Phi) is 4.10. The molecule has 0 amide bonds. The Morgan fingerprint density at radius 3 is 2.59 bits per heavy atom. The molecule has 2 nitrogen and oxygen atoms in total. The summed E-state index contributed by atoms with van der Waals surface area (Å²) < 4.78 is 1.17. The van der Waals surface area contributed by atoms with Gasteiger partial charge in [0, 0.05) is 23.6 Å². The zero-order valence-corrected chi connectivity index (χ0v) is 12.2. The molecular formula is C14H21BrN2. The van der Waals surface area contributed by atoms with E-state index >= 15 is 0 Å². The molecule has 2 rings (SSSR count). The van der Waals surface area contributed by atoms with E-state index < -0.39 is 0 Å². The van der Waals surface area contributed by atoms with E-state index in [0.717, 1.165) is 12.6 Å². The largest absolute Gasteiger partial charge is 0.367 e. The summed E-state index contributed by atoms with van der Waals surface area (Å²) in [6.07, 6.45) is 2.66. The Labute approximate surface area is 112 Å². The average Bonchev–Trinajstić information content (AvgIpc) is 3.09. The van der Waals surface area contributed by atoms with E-state index in [9.17, 15) is 0 Å². The third-order valence-electron chi connectivity index (χ3n) is 3.11. The van der Waals surface area contributed by atoms with Crippen molar-refractivity contribution in [2.24, 2.45) is 11.7 Å². The third-order valence-corrected chi connectivity index (χ3v) is 3.74. The molecule has 17 heavy (non-hydrogen) atoms. The van der Waals surface area contributed by atoms with Gasteiger partial charge in [0.15, 0.2) is 0 Å². The highest BCUT2D eigenvalue weighted by atomic mass is 79.9. The molecule has 0 aromatic heterocycles. The van der Waals surface area contributed by atoms with Gasteiger partial charge in [0.25, 0.3) is 0 Å². The Morgan fingerprint density at radius 2 is 2.12 bits per heavy atom. The predicted molar refractivity (Wildman–Crippen MR) is 77.2 cm³/mol. The topological polar surface area (TPSA) is 29.3 Å². The monoisotopic (exact) mass is 296 g/mol. The highest BCUT2D eigenvalue weighted by Gasteiger charge is 2.30. The summed E-state index contributed by atoms with van der Waals surface area (Å²) in [6.45, 7) is 6.28. The maximum atomic E-state index is 5.66. The molecule has 0 atom stereocenters.